The van der Waals surface area contributed by atoms with E-state index in [0.29, 0.717) is 5.69 Å². The Bertz CT molecular complexity index is 808. The predicted molar refractivity (Wildman–Crippen MR) is 96.4 cm³/mol. The topological polar surface area (TPSA) is 102 Å². The van der Waals surface area contributed by atoms with Crippen LogP contribution in [0.4, 0.5) is 17.1 Å². The molecule has 0 aliphatic carbocycles. The standard InChI is InChI=1S/C18H19N3O5/c1-3-26-17(22)12-20(2)18(23)13-9-10-15(16(11-13)21(24)25)19-14-7-5-4-6-8-14/h4-11,19H,3,12H2,1-2H3. The molecule has 0 saturated heterocycles. The fraction of sp³-hybridized carbons (Fsp3) is 0.222. The van der Waals surface area contributed by atoms with E-state index in [2.05, 4.69) is 5.32 Å². The quantitative estimate of drug-likeness (QED) is 0.464. The van der Waals surface area contributed by atoms with Crippen molar-refractivity contribution >= 4 is 28.9 Å². The first kappa shape index (κ1) is 18.9. The van der Waals surface area contributed by atoms with Crippen LogP contribution < -0.4 is 5.32 Å². The molecule has 0 fully saturated rings. The van der Waals surface area contributed by atoms with Crippen LogP contribution in [0.2, 0.25) is 0 Å². The molecule has 2 aromatic rings. The molecule has 0 bridgehead atoms. The van der Waals surface area contributed by atoms with Gasteiger partial charge in [-0.2, -0.15) is 0 Å². The first-order valence-electron chi connectivity index (χ1n) is 7.94. The van der Waals surface area contributed by atoms with Crippen LogP contribution in [0.1, 0.15) is 17.3 Å². The van der Waals surface area contributed by atoms with Crippen LogP contribution in [0.3, 0.4) is 0 Å². The molecule has 0 atom stereocenters. The SMILES string of the molecule is CCOC(=O)CN(C)C(=O)c1ccc(Nc2ccccc2)c([N+](=O)[O-])c1. The number of ether oxygens (including phenoxy) is 1. The van der Waals surface area contributed by atoms with Crippen molar-refractivity contribution in [3.05, 3.63) is 64.2 Å². The molecule has 0 heterocycles. The molecule has 2 rings (SSSR count). The van der Waals surface area contributed by atoms with Crippen molar-refractivity contribution in [2.75, 3.05) is 25.5 Å². The summed E-state index contributed by atoms with van der Waals surface area (Å²) in [5, 5.41) is 14.3. The highest BCUT2D eigenvalue weighted by molar-refractivity contribution is 5.97. The highest BCUT2D eigenvalue weighted by atomic mass is 16.6. The molecule has 0 radical (unpaired) electrons. The van der Waals surface area contributed by atoms with Crippen LogP contribution in [0, 0.1) is 10.1 Å². The molecule has 0 aliphatic rings. The second-order valence-electron chi connectivity index (χ2n) is 5.45. The highest BCUT2D eigenvalue weighted by Gasteiger charge is 2.21. The van der Waals surface area contributed by atoms with Crippen LogP contribution in [0.5, 0.6) is 0 Å². The molecule has 0 saturated carbocycles. The maximum atomic E-state index is 12.4. The number of nitrogens with zero attached hydrogens (tertiary/aromatic N) is 2. The van der Waals surface area contributed by atoms with Crippen LogP contribution in [-0.2, 0) is 9.53 Å². The zero-order chi connectivity index (χ0) is 19.1. The summed E-state index contributed by atoms with van der Waals surface area (Å²) in [4.78, 5) is 35.9. The minimum absolute atomic E-state index is 0.113. The lowest BCUT2D eigenvalue weighted by atomic mass is 10.1. The molecular weight excluding hydrogens is 338 g/mol. The Balaban J connectivity index is 2.23. The van der Waals surface area contributed by atoms with E-state index in [1.165, 1.54) is 25.2 Å². The number of anilines is 2. The van der Waals surface area contributed by atoms with Gasteiger partial charge in [-0.15, -0.1) is 0 Å². The minimum Gasteiger partial charge on any atom is -0.465 e. The van der Waals surface area contributed by atoms with Crippen molar-refractivity contribution in [1.82, 2.24) is 4.90 Å². The summed E-state index contributed by atoms with van der Waals surface area (Å²) in [6.45, 7) is 1.65. The number of rotatable bonds is 7. The maximum absolute atomic E-state index is 12.4. The molecule has 1 N–H and O–H groups in total. The van der Waals surface area contributed by atoms with Crippen molar-refractivity contribution in [1.29, 1.82) is 0 Å². The van der Waals surface area contributed by atoms with Crippen molar-refractivity contribution in [2.24, 2.45) is 0 Å². The van der Waals surface area contributed by atoms with Gasteiger partial charge >= 0.3 is 5.97 Å². The van der Waals surface area contributed by atoms with Gasteiger partial charge in [0.1, 0.15) is 12.2 Å². The van der Waals surface area contributed by atoms with Gasteiger partial charge in [0.15, 0.2) is 0 Å². The second-order valence-corrected chi connectivity index (χ2v) is 5.45. The van der Waals surface area contributed by atoms with E-state index in [1.807, 2.05) is 6.07 Å². The van der Waals surface area contributed by atoms with Gasteiger partial charge in [0, 0.05) is 24.4 Å². The van der Waals surface area contributed by atoms with E-state index in [1.54, 1.807) is 31.2 Å². The molecule has 0 spiro atoms. The van der Waals surface area contributed by atoms with Gasteiger partial charge in [0.25, 0.3) is 11.6 Å². The van der Waals surface area contributed by atoms with E-state index in [0.717, 1.165) is 4.90 Å². The summed E-state index contributed by atoms with van der Waals surface area (Å²) in [7, 11) is 1.43. The number of nitro groups is 1. The number of carbonyl (C=O) groups excluding carboxylic acids is 2. The molecule has 0 aromatic heterocycles. The van der Waals surface area contributed by atoms with Crippen LogP contribution in [0.25, 0.3) is 0 Å². The van der Waals surface area contributed by atoms with Gasteiger partial charge in [-0.3, -0.25) is 19.7 Å². The van der Waals surface area contributed by atoms with Gasteiger partial charge in [0.2, 0.25) is 0 Å². The van der Waals surface area contributed by atoms with Crippen LogP contribution in [-0.4, -0.2) is 41.9 Å². The number of nitro benzene ring substituents is 1. The maximum Gasteiger partial charge on any atom is 0.325 e. The number of para-hydroxylation sites is 1. The fourth-order valence-corrected chi connectivity index (χ4v) is 2.29. The zero-order valence-corrected chi connectivity index (χ0v) is 14.5. The van der Waals surface area contributed by atoms with E-state index >= 15 is 0 Å². The molecule has 8 nitrogen and oxygen atoms in total. The van der Waals surface area contributed by atoms with E-state index in [-0.39, 0.29) is 30.1 Å². The third kappa shape index (κ3) is 4.79. The van der Waals surface area contributed by atoms with Crippen molar-refractivity contribution in [2.45, 2.75) is 6.92 Å². The molecular formula is C18H19N3O5. The number of amides is 1. The van der Waals surface area contributed by atoms with Crippen molar-refractivity contribution < 1.29 is 19.2 Å². The van der Waals surface area contributed by atoms with Crippen LogP contribution >= 0.6 is 0 Å². The molecule has 8 heteroatoms. The Morgan fingerprint density at radius 1 is 1.19 bits per heavy atom. The number of likely N-dealkylation sites (N-methyl/N-ethyl adjacent to an activating group) is 1. The fourth-order valence-electron chi connectivity index (χ4n) is 2.29. The Morgan fingerprint density at radius 2 is 1.88 bits per heavy atom. The largest absolute Gasteiger partial charge is 0.465 e. The third-order valence-corrected chi connectivity index (χ3v) is 3.51. The Labute approximate surface area is 150 Å². The number of carbonyl (C=O) groups is 2. The van der Waals surface area contributed by atoms with Gasteiger partial charge < -0.3 is 15.0 Å². The summed E-state index contributed by atoms with van der Waals surface area (Å²) < 4.78 is 4.79. The summed E-state index contributed by atoms with van der Waals surface area (Å²) in [6, 6.07) is 13.1. The Hall–Kier alpha value is -3.42. The summed E-state index contributed by atoms with van der Waals surface area (Å²) in [5.41, 5.74) is 0.839. The summed E-state index contributed by atoms with van der Waals surface area (Å²) in [5.74, 6) is -1.05. The second kappa shape index (κ2) is 8.61. The minimum atomic E-state index is -0.562. The van der Waals surface area contributed by atoms with Crippen molar-refractivity contribution in [3.8, 4) is 0 Å². The molecule has 0 aliphatic heterocycles. The average Bonchev–Trinajstić information content (AvgIpc) is 2.62. The number of hydrogen-bond donors (Lipinski definition) is 1. The monoisotopic (exact) mass is 357 g/mol. The smallest absolute Gasteiger partial charge is 0.325 e. The number of nitrogens with one attached hydrogen (secondary N) is 1. The summed E-state index contributed by atoms with van der Waals surface area (Å²) >= 11 is 0. The van der Waals surface area contributed by atoms with Gasteiger partial charge in [0.05, 0.1) is 11.5 Å². The summed E-state index contributed by atoms with van der Waals surface area (Å²) in [6.07, 6.45) is 0. The Morgan fingerprint density at radius 3 is 2.50 bits per heavy atom. The molecule has 26 heavy (non-hydrogen) atoms. The van der Waals surface area contributed by atoms with Gasteiger partial charge in [-0.1, -0.05) is 18.2 Å². The predicted octanol–water partition coefficient (Wildman–Crippen LogP) is 2.97. The number of hydrogen-bond acceptors (Lipinski definition) is 6. The molecule has 2 aromatic carbocycles. The van der Waals surface area contributed by atoms with Crippen molar-refractivity contribution in [3.63, 3.8) is 0 Å². The highest BCUT2D eigenvalue weighted by Crippen LogP contribution is 2.29. The average molecular weight is 357 g/mol. The van der Waals surface area contributed by atoms with Gasteiger partial charge in [-0.05, 0) is 31.2 Å². The number of esters is 1. The lowest BCUT2D eigenvalue weighted by Gasteiger charge is -2.16. The van der Waals surface area contributed by atoms with Gasteiger partial charge in [-0.25, -0.2) is 0 Å². The zero-order valence-electron chi connectivity index (χ0n) is 14.5. The normalized spacial score (nSPS) is 10.1. The van der Waals surface area contributed by atoms with E-state index in [4.69, 9.17) is 4.74 Å². The lowest BCUT2D eigenvalue weighted by Crippen LogP contribution is -2.33. The first-order chi connectivity index (χ1) is 12.4. The lowest BCUT2D eigenvalue weighted by molar-refractivity contribution is -0.383. The third-order valence-electron chi connectivity index (χ3n) is 3.51. The Kier molecular flexibility index (Phi) is 6.26. The van der Waals surface area contributed by atoms with E-state index in [9.17, 15) is 19.7 Å². The van der Waals surface area contributed by atoms with Crippen LogP contribution in [0.15, 0.2) is 48.5 Å². The van der Waals surface area contributed by atoms with E-state index < -0.39 is 16.8 Å². The molecule has 136 valence electrons. The molecule has 0 unspecified atom stereocenters. The first-order valence-corrected chi connectivity index (χ1v) is 7.94. The number of benzene rings is 2. The molecule has 1 amide bonds.